The number of piperazine rings is 1. The van der Waals surface area contributed by atoms with Crippen molar-refractivity contribution in [1.29, 1.82) is 0 Å². The van der Waals surface area contributed by atoms with Crippen LogP contribution in [-0.2, 0) is 0 Å². The number of rotatable bonds is 6. The number of hydrogen-bond donors (Lipinski definition) is 0. The molecule has 0 N–H and O–H groups in total. The number of hydrogen-bond acceptors (Lipinski definition) is 5. The van der Waals surface area contributed by atoms with Crippen LogP contribution in [0.4, 0.5) is 0 Å². The molecule has 33 heavy (non-hydrogen) atoms. The summed E-state index contributed by atoms with van der Waals surface area (Å²) in [7, 11) is 1.69. The number of carbonyl (C=O) groups excluding carboxylic acids is 1. The van der Waals surface area contributed by atoms with Gasteiger partial charge < -0.3 is 9.64 Å². The summed E-state index contributed by atoms with van der Waals surface area (Å²) in [6.07, 6.45) is 1.79. The Morgan fingerprint density at radius 1 is 1.03 bits per heavy atom. The zero-order valence-corrected chi connectivity index (χ0v) is 20.6. The van der Waals surface area contributed by atoms with Gasteiger partial charge in [0, 0.05) is 44.0 Å². The van der Waals surface area contributed by atoms with Gasteiger partial charge in [0.2, 0.25) is 0 Å². The van der Waals surface area contributed by atoms with Gasteiger partial charge in [-0.15, -0.1) is 0 Å². The van der Waals surface area contributed by atoms with Crippen molar-refractivity contribution in [3.63, 3.8) is 0 Å². The summed E-state index contributed by atoms with van der Waals surface area (Å²) in [6.45, 7) is 13.7. The van der Waals surface area contributed by atoms with Gasteiger partial charge in [-0.25, -0.2) is 9.67 Å². The first-order valence-corrected chi connectivity index (χ1v) is 11.9. The van der Waals surface area contributed by atoms with E-state index in [0.717, 1.165) is 35.6 Å². The van der Waals surface area contributed by atoms with E-state index >= 15 is 0 Å². The highest BCUT2D eigenvalue weighted by Gasteiger charge is 2.28. The van der Waals surface area contributed by atoms with Gasteiger partial charge in [-0.05, 0) is 50.5 Å². The molecule has 0 aliphatic carbocycles. The van der Waals surface area contributed by atoms with Crippen LogP contribution in [0.5, 0.6) is 5.75 Å². The fraction of sp³-hybridized carbons (Fsp3) is 0.500. The molecule has 2 aromatic heterocycles. The second-order valence-electron chi connectivity index (χ2n) is 9.45. The Labute approximate surface area is 196 Å². The Kier molecular flexibility index (Phi) is 6.70. The van der Waals surface area contributed by atoms with Gasteiger partial charge in [-0.3, -0.25) is 9.69 Å². The van der Waals surface area contributed by atoms with Crippen LogP contribution < -0.4 is 4.74 Å². The van der Waals surface area contributed by atoms with Crippen molar-refractivity contribution >= 4 is 16.9 Å². The van der Waals surface area contributed by atoms with Gasteiger partial charge >= 0.3 is 0 Å². The first kappa shape index (κ1) is 23.2. The van der Waals surface area contributed by atoms with Crippen LogP contribution >= 0.6 is 0 Å². The third kappa shape index (κ3) is 4.60. The summed E-state index contributed by atoms with van der Waals surface area (Å²) < 4.78 is 7.29. The van der Waals surface area contributed by atoms with Crippen LogP contribution in [0, 0.1) is 0 Å². The summed E-state index contributed by atoms with van der Waals surface area (Å²) >= 11 is 0. The Morgan fingerprint density at radius 2 is 1.76 bits per heavy atom. The van der Waals surface area contributed by atoms with E-state index in [1.807, 2.05) is 27.8 Å². The van der Waals surface area contributed by atoms with Crippen LogP contribution in [0.3, 0.4) is 0 Å². The summed E-state index contributed by atoms with van der Waals surface area (Å²) in [6, 6.07) is 10.6. The molecule has 1 atom stereocenters. The van der Waals surface area contributed by atoms with Gasteiger partial charge in [0.1, 0.15) is 5.75 Å². The van der Waals surface area contributed by atoms with Crippen molar-refractivity contribution in [2.24, 2.45) is 0 Å². The van der Waals surface area contributed by atoms with Crippen molar-refractivity contribution in [2.75, 3.05) is 33.3 Å². The van der Waals surface area contributed by atoms with E-state index in [0.29, 0.717) is 18.7 Å². The van der Waals surface area contributed by atoms with E-state index < -0.39 is 0 Å². The minimum absolute atomic E-state index is 0.0706. The lowest BCUT2D eigenvalue weighted by molar-refractivity contribution is 0.0583. The number of aromatic nitrogens is 3. The molecular weight excluding hydrogens is 414 g/mol. The molecule has 1 unspecified atom stereocenters. The standard InChI is InChI=1S/C26H35N5O2/c1-17(2)24-15-22(23-16-27-31(18(3)4)25(23)28-24)26(32)30-12-10-29(11-13-30)19(5)20-8-7-9-21(14-20)33-6/h7-9,14-19H,10-13H2,1-6H3. The average Bonchev–Trinajstić information content (AvgIpc) is 3.27. The van der Waals surface area contributed by atoms with Gasteiger partial charge in [0.05, 0.1) is 24.3 Å². The molecule has 0 radical (unpaired) electrons. The van der Waals surface area contributed by atoms with Gasteiger partial charge in [0.25, 0.3) is 5.91 Å². The molecule has 1 saturated heterocycles. The first-order valence-electron chi connectivity index (χ1n) is 11.9. The minimum atomic E-state index is 0.0706. The third-order valence-corrected chi connectivity index (χ3v) is 6.62. The second kappa shape index (κ2) is 9.51. The van der Waals surface area contributed by atoms with E-state index in [2.05, 4.69) is 56.8 Å². The highest BCUT2D eigenvalue weighted by Crippen LogP contribution is 2.28. The van der Waals surface area contributed by atoms with Crippen molar-refractivity contribution in [1.82, 2.24) is 24.6 Å². The molecular formula is C26H35N5O2. The molecule has 0 saturated carbocycles. The number of amides is 1. The highest BCUT2D eigenvalue weighted by atomic mass is 16.5. The van der Waals surface area contributed by atoms with E-state index in [-0.39, 0.29) is 23.9 Å². The van der Waals surface area contributed by atoms with Crippen LogP contribution in [0.25, 0.3) is 11.0 Å². The molecule has 1 aromatic carbocycles. The Hall–Kier alpha value is -2.93. The predicted octanol–water partition coefficient (Wildman–Crippen LogP) is 4.66. The van der Waals surface area contributed by atoms with Crippen molar-refractivity contribution in [2.45, 2.75) is 52.6 Å². The van der Waals surface area contributed by atoms with Crippen LogP contribution in [0.2, 0.25) is 0 Å². The van der Waals surface area contributed by atoms with Gasteiger partial charge in [0.15, 0.2) is 5.65 Å². The molecule has 1 aliphatic heterocycles. The summed E-state index contributed by atoms with van der Waals surface area (Å²) in [4.78, 5) is 22.9. The lowest BCUT2D eigenvalue weighted by Crippen LogP contribution is -2.49. The predicted molar refractivity (Wildman–Crippen MR) is 131 cm³/mol. The molecule has 4 rings (SSSR count). The molecule has 1 amide bonds. The largest absolute Gasteiger partial charge is 0.497 e. The van der Waals surface area contributed by atoms with E-state index in [9.17, 15) is 4.79 Å². The lowest BCUT2D eigenvalue weighted by atomic mass is 10.0. The number of methoxy groups -OCH3 is 1. The highest BCUT2D eigenvalue weighted by molar-refractivity contribution is 6.05. The number of ether oxygens (including phenoxy) is 1. The van der Waals surface area contributed by atoms with Crippen LogP contribution in [0.15, 0.2) is 36.5 Å². The molecule has 0 bridgehead atoms. The molecule has 3 aromatic rings. The van der Waals surface area contributed by atoms with E-state index in [1.54, 1.807) is 13.3 Å². The summed E-state index contributed by atoms with van der Waals surface area (Å²) in [5, 5.41) is 5.37. The molecule has 7 nitrogen and oxygen atoms in total. The molecule has 7 heteroatoms. The Balaban J connectivity index is 1.54. The smallest absolute Gasteiger partial charge is 0.254 e. The Bertz CT molecular complexity index is 1130. The van der Waals surface area contributed by atoms with Gasteiger partial charge in [-0.1, -0.05) is 26.0 Å². The van der Waals surface area contributed by atoms with Crippen molar-refractivity contribution in [3.8, 4) is 5.75 Å². The monoisotopic (exact) mass is 449 g/mol. The molecule has 3 heterocycles. The zero-order chi connectivity index (χ0) is 23.7. The lowest BCUT2D eigenvalue weighted by Gasteiger charge is -2.38. The van der Waals surface area contributed by atoms with Crippen molar-refractivity contribution < 1.29 is 9.53 Å². The van der Waals surface area contributed by atoms with Gasteiger partial charge in [-0.2, -0.15) is 5.10 Å². The van der Waals surface area contributed by atoms with Crippen LogP contribution in [0.1, 0.15) is 74.2 Å². The number of pyridine rings is 1. The SMILES string of the molecule is COc1cccc(C(C)N2CCN(C(=O)c3cc(C(C)C)nc4c3cnn4C(C)C)CC2)c1. The van der Waals surface area contributed by atoms with Crippen LogP contribution in [-0.4, -0.2) is 63.8 Å². The molecule has 1 fully saturated rings. The topological polar surface area (TPSA) is 63.5 Å². The number of benzene rings is 1. The zero-order valence-electron chi connectivity index (χ0n) is 20.6. The number of carbonyl (C=O) groups is 1. The number of fused-ring (bicyclic) bond motifs is 1. The fourth-order valence-corrected chi connectivity index (χ4v) is 4.48. The average molecular weight is 450 g/mol. The maximum absolute atomic E-state index is 13.6. The normalized spacial score (nSPS) is 16.1. The maximum atomic E-state index is 13.6. The summed E-state index contributed by atoms with van der Waals surface area (Å²) in [5.41, 5.74) is 3.67. The molecule has 0 spiro atoms. The quantitative estimate of drug-likeness (QED) is 0.548. The van der Waals surface area contributed by atoms with E-state index in [4.69, 9.17) is 9.72 Å². The fourth-order valence-electron chi connectivity index (χ4n) is 4.48. The Morgan fingerprint density at radius 3 is 2.39 bits per heavy atom. The summed E-state index contributed by atoms with van der Waals surface area (Å²) in [5.74, 6) is 1.18. The molecule has 176 valence electrons. The maximum Gasteiger partial charge on any atom is 0.254 e. The minimum Gasteiger partial charge on any atom is -0.497 e. The second-order valence-corrected chi connectivity index (χ2v) is 9.45. The third-order valence-electron chi connectivity index (χ3n) is 6.62. The van der Waals surface area contributed by atoms with E-state index in [1.165, 1.54) is 5.56 Å². The number of nitrogens with zero attached hydrogens (tertiary/aromatic N) is 5. The molecule has 1 aliphatic rings. The first-order chi connectivity index (χ1) is 15.8. The van der Waals surface area contributed by atoms with Crippen molar-refractivity contribution in [3.05, 3.63) is 53.3 Å².